The van der Waals surface area contributed by atoms with Crippen molar-refractivity contribution in [3.05, 3.63) is 57.8 Å². The molecular formula is C15H15NOS. The summed E-state index contributed by atoms with van der Waals surface area (Å²) in [4.78, 5) is 13.1. The highest BCUT2D eigenvalue weighted by atomic mass is 32.1. The molecule has 0 spiro atoms. The van der Waals surface area contributed by atoms with E-state index in [1.807, 2.05) is 23.6 Å². The third-order valence-corrected chi connectivity index (χ3v) is 4.26. The van der Waals surface area contributed by atoms with Crippen molar-refractivity contribution >= 4 is 17.2 Å². The Balaban J connectivity index is 1.66. The molecule has 0 aliphatic heterocycles. The van der Waals surface area contributed by atoms with E-state index in [0.29, 0.717) is 6.42 Å². The predicted octanol–water partition coefficient (Wildman–Crippen LogP) is 3.09. The van der Waals surface area contributed by atoms with Crippen molar-refractivity contribution < 1.29 is 4.79 Å². The topological polar surface area (TPSA) is 29.1 Å². The van der Waals surface area contributed by atoms with Crippen molar-refractivity contribution in [2.24, 2.45) is 0 Å². The molecule has 18 heavy (non-hydrogen) atoms. The number of nitrogens with one attached hydrogen (secondary N) is 1. The minimum Gasteiger partial charge on any atom is -0.349 e. The van der Waals surface area contributed by atoms with Crippen LogP contribution in [-0.2, 0) is 17.6 Å². The van der Waals surface area contributed by atoms with E-state index in [9.17, 15) is 4.79 Å². The Labute approximate surface area is 111 Å². The SMILES string of the molecule is O=C(Cc1cccs1)N[C@H]1CCc2ccccc21. The van der Waals surface area contributed by atoms with Crippen molar-refractivity contribution in [3.8, 4) is 0 Å². The molecule has 0 saturated heterocycles. The van der Waals surface area contributed by atoms with Gasteiger partial charge in [-0.2, -0.15) is 0 Å². The summed E-state index contributed by atoms with van der Waals surface area (Å²) < 4.78 is 0. The lowest BCUT2D eigenvalue weighted by atomic mass is 10.1. The maximum Gasteiger partial charge on any atom is 0.225 e. The van der Waals surface area contributed by atoms with E-state index in [1.54, 1.807) is 11.3 Å². The average molecular weight is 257 g/mol. The third-order valence-electron chi connectivity index (χ3n) is 3.38. The number of fused-ring (bicyclic) bond motifs is 1. The second-order valence-corrected chi connectivity index (χ2v) is 5.65. The number of amides is 1. The van der Waals surface area contributed by atoms with E-state index in [1.165, 1.54) is 11.1 Å². The first kappa shape index (κ1) is 11.5. The highest BCUT2D eigenvalue weighted by Gasteiger charge is 2.23. The number of hydrogen-bond acceptors (Lipinski definition) is 2. The summed E-state index contributed by atoms with van der Waals surface area (Å²) in [5.41, 5.74) is 2.66. The van der Waals surface area contributed by atoms with Gasteiger partial charge in [-0.15, -0.1) is 11.3 Å². The predicted molar refractivity (Wildman–Crippen MR) is 73.7 cm³/mol. The summed E-state index contributed by atoms with van der Waals surface area (Å²) in [5, 5.41) is 5.15. The van der Waals surface area contributed by atoms with Crippen LogP contribution in [0.2, 0.25) is 0 Å². The molecule has 1 aliphatic carbocycles. The van der Waals surface area contributed by atoms with Gasteiger partial charge in [-0.25, -0.2) is 0 Å². The molecule has 1 N–H and O–H groups in total. The lowest BCUT2D eigenvalue weighted by Crippen LogP contribution is -2.28. The molecule has 0 radical (unpaired) electrons. The van der Waals surface area contributed by atoms with Crippen LogP contribution >= 0.6 is 11.3 Å². The molecule has 0 saturated carbocycles. The summed E-state index contributed by atoms with van der Waals surface area (Å²) in [5.74, 6) is 0.124. The van der Waals surface area contributed by atoms with Crippen LogP contribution in [0.1, 0.15) is 28.5 Å². The van der Waals surface area contributed by atoms with Gasteiger partial charge in [0, 0.05) is 4.88 Å². The van der Waals surface area contributed by atoms with Crippen molar-refractivity contribution in [2.75, 3.05) is 0 Å². The van der Waals surface area contributed by atoms with Gasteiger partial charge in [-0.1, -0.05) is 30.3 Å². The zero-order valence-electron chi connectivity index (χ0n) is 10.1. The van der Waals surface area contributed by atoms with Crippen LogP contribution in [-0.4, -0.2) is 5.91 Å². The van der Waals surface area contributed by atoms with Gasteiger partial charge in [0.05, 0.1) is 12.5 Å². The summed E-state index contributed by atoms with van der Waals surface area (Å²) in [6.45, 7) is 0. The largest absolute Gasteiger partial charge is 0.349 e. The second-order valence-electron chi connectivity index (χ2n) is 4.61. The molecule has 0 fully saturated rings. The molecule has 3 rings (SSSR count). The maximum atomic E-state index is 12.0. The van der Waals surface area contributed by atoms with E-state index in [-0.39, 0.29) is 11.9 Å². The van der Waals surface area contributed by atoms with Gasteiger partial charge in [0.25, 0.3) is 0 Å². The third kappa shape index (κ3) is 2.31. The monoisotopic (exact) mass is 257 g/mol. The Morgan fingerprint density at radius 2 is 2.17 bits per heavy atom. The van der Waals surface area contributed by atoms with Crippen molar-refractivity contribution in [3.63, 3.8) is 0 Å². The standard InChI is InChI=1S/C15H15NOS/c17-15(10-12-5-3-9-18-12)16-14-8-7-11-4-1-2-6-13(11)14/h1-6,9,14H,7-8,10H2,(H,16,17)/t14-/m0/s1. The molecule has 2 nitrogen and oxygen atoms in total. The molecule has 3 heteroatoms. The number of carbonyl (C=O) groups is 1. The first-order chi connectivity index (χ1) is 8.83. The molecule has 0 unspecified atom stereocenters. The van der Waals surface area contributed by atoms with Gasteiger partial charge in [0.2, 0.25) is 5.91 Å². The average Bonchev–Trinajstić information content (AvgIpc) is 3.00. The Bertz CT molecular complexity index is 547. The highest BCUT2D eigenvalue weighted by Crippen LogP contribution is 2.30. The summed E-state index contributed by atoms with van der Waals surface area (Å²) in [6, 6.07) is 12.6. The number of carbonyl (C=O) groups excluding carboxylic acids is 1. The van der Waals surface area contributed by atoms with E-state index in [0.717, 1.165) is 17.7 Å². The fourth-order valence-electron chi connectivity index (χ4n) is 2.52. The molecule has 1 amide bonds. The first-order valence-corrected chi connectivity index (χ1v) is 7.10. The van der Waals surface area contributed by atoms with Gasteiger partial charge in [-0.3, -0.25) is 4.79 Å². The number of aryl methyl sites for hydroxylation is 1. The van der Waals surface area contributed by atoms with Gasteiger partial charge in [-0.05, 0) is 35.4 Å². The Kier molecular flexibility index (Phi) is 3.15. The van der Waals surface area contributed by atoms with Crippen molar-refractivity contribution in [1.29, 1.82) is 0 Å². The summed E-state index contributed by atoms with van der Waals surface area (Å²) in [6.07, 6.45) is 2.59. The molecule has 1 aliphatic rings. The van der Waals surface area contributed by atoms with E-state index in [2.05, 4.69) is 23.5 Å². The van der Waals surface area contributed by atoms with Crippen LogP contribution in [0.5, 0.6) is 0 Å². The number of benzene rings is 1. The highest BCUT2D eigenvalue weighted by molar-refractivity contribution is 7.10. The molecule has 0 bridgehead atoms. The van der Waals surface area contributed by atoms with E-state index < -0.39 is 0 Å². The van der Waals surface area contributed by atoms with Crippen LogP contribution in [0.4, 0.5) is 0 Å². The molecule has 92 valence electrons. The Morgan fingerprint density at radius 1 is 1.28 bits per heavy atom. The Morgan fingerprint density at radius 3 is 3.00 bits per heavy atom. The molecule has 1 heterocycles. The van der Waals surface area contributed by atoms with E-state index >= 15 is 0 Å². The summed E-state index contributed by atoms with van der Waals surface area (Å²) >= 11 is 1.63. The van der Waals surface area contributed by atoms with Crippen LogP contribution < -0.4 is 5.32 Å². The summed E-state index contributed by atoms with van der Waals surface area (Å²) in [7, 11) is 0. The van der Waals surface area contributed by atoms with Crippen LogP contribution in [0.15, 0.2) is 41.8 Å². The van der Waals surface area contributed by atoms with Gasteiger partial charge < -0.3 is 5.32 Å². The normalized spacial score (nSPS) is 17.4. The van der Waals surface area contributed by atoms with Crippen LogP contribution in [0, 0.1) is 0 Å². The number of thiophene rings is 1. The molecule has 1 aromatic carbocycles. The number of hydrogen-bond donors (Lipinski definition) is 1. The lowest BCUT2D eigenvalue weighted by Gasteiger charge is -2.13. The van der Waals surface area contributed by atoms with Gasteiger partial charge >= 0.3 is 0 Å². The molecule has 1 aromatic heterocycles. The fourth-order valence-corrected chi connectivity index (χ4v) is 3.23. The molecule has 1 atom stereocenters. The van der Waals surface area contributed by atoms with E-state index in [4.69, 9.17) is 0 Å². The fraction of sp³-hybridized carbons (Fsp3) is 0.267. The van der Waals surface area contributed by atoms with Gasteiger partial charge in [0.15, 0.2) is 0 Å². The quantitative estimate of drug-likeness (QED) is 0.899. The minimum atomic E-state index is 0.124. The maximum absolute atomic E-state index is 12.0. The zero-order chi connectivity index (χ0) is 12.4. The zero-order valence-corrected chi connectivity index (χ0v) is 10.9. The first-order valence-electron chi connectivity index (χ1n) is 6.22. The lowest BCUT2D eigenvalue weighted by molar-refractivity contribution is -0.121. The van der Waals surface area contributed by atoms with Crippen LogP contribution in [0.25, 0.3) is 0 Å². The van der Waals surface area contributed by atoms with Gasteiger partial charge in [0.1, 0.15) is 0 Å². The van der Waals surface area contributed by atoms with Crippen LogP contribution in [0.3, 0.4) is 0 Å². The Hall–Kier alpha value is -1.61. The minimum absolute atomic E-state index is 0.124. The van der Waals surface area contributed by atoms with Crippen molar-refractivity contribution in [1.82, 2.24) is 5.32 Å². The van der Waals surface area contributed by atoms with Crippen molar-refractivity contribution in [2.45, 2.75) is 25.3 Å². The molecule has 2 aromatic rings. The smallest absolute Gasteiger partial charge is 0.225 e. The second kappa shape index (κ2) is 4.94. The number of rotatable bonds is 3. The molecular weight excluding hydrogens is 242 g/mol.